The van der Waals surface area contributed by atoms with Gasteiger partial charge in [-0.05, 0) is 12.1 Å². The van der Waals surface area contributed by atoms with Gasteiger partial charge in [0.15, 0.2) is 0 Å². The molecule has 116 valence electrons. The van der Waals surface area contributed by atoms with Crippen LogP contribution in [-0.4, -0.2) is 48.1 Å². The Kier molecular flexibility index (Phi) is 5.38. The third-order valence-corrected chi connectivity index (χ3v) is 3.76. The average molecular weight is 293 g/mol. The summed E-state index contributed by atoms with van der Waals surface area (Å²) < 4.78 is 7.05. The molecule has 1 unspecified atom stereocenters. The average Bonchev–Trinajstić information content (AvgIpc) is 2.78. The van der Waals surface area contributed by atoms with Gasteiger partial charge < -0.3 is 19.5 Å². The lowest BCUT2D eigenvalue weighted by atomic mass is 10.0. The first kappa shape index (κ1) is 15.6. The Bertz CT molecular complexity index is 498. The van der Waals surface area contributed by atoms with Crippen molar-refractivity contribution in [1.82, 2.24) is 14.8 Å². The number of rotatable bonds is 5. The zero-order chi connectivity index (χ0) is 15.2. The highest BCUT2D eigenvalue weighted by Crippen LogP contribution is 2.19. The molecule has 1 atom stereocenters. The number of ether oxygens (including phenoxy) is 1. The van der Waals surface area contributed by atoms with Crippen LogP contribution < -0.4 is 5.32 Å². The van der Waals surface area contributed by atoms with Gasteiger partial charge in [-0.2, -0.15) is 0 Å². The lowest BCUT2D eigenvalue weighted by molar-refractivity contribution is -0.131. The number of nitrogens with one attached hydrogen (secondary N) is 1. The number of amides is 2. The normalized spacial score (nSPS) is 18.0. The lowest BCUT2D eigenvalue weighted by Gasteiger charge is -2.22. The van der Waals surface area contributed by atoms with Crippen molar-refractivity contribution in [3.63, 3.8) is 0 Å². The molecule has 6 heteroatoms. The van der Waals surface area contributed by atoms with E-state index >= 15 is 0 Å². The van der Waals surface area contributed by atoms with Gasteiger partial charge in [-0.1, -0.05) is 0 Å². The third-order valence-electron chi connectivity index (χ3n) is 3.76. The molecular formula is C15H23N3O3. The molecule has 2 heterocycles. The number of hydrogen-bond donors (Lipinski definition) is 1. The summed E-state index contributed by atoms with van der Waals surface area (Å²) in [6.45, 7) is 4.61. The fourth-order valence-corrected chi connectivity index (χ4v) is 2.67. The first-order valence-electron chi connectivity index (χ1n) is 7.25. The minimum Gasteiger partial charge on any atom is -0.383 e. The Morgan fingerprint density at radius 2 is 2.24 bits per heavy atom. The molecule has 1 aromatic heterocycles. The van der Waals surface area contributed by atoms with Gasteiger partial charge in [-0.15, -0.1) is 0 Å². The molecule has 21 heavy (non-hydrogen) atoms. The first-order chi connectivity index (χ1) is 10.1. The summed E-state index contributed by atoms with van der Waals surface area (Å²) in [6, 6.07) is 4.01. The number of methoxy groups -OCH3 is 1. The number of nitrogens with zero attached hydrogens (tertiary/aromatic N) is 2. The van der Waals surface area contributed by atoms with Crippen LogP contribution in [0.25, 0.3) is 0 Å². The minimum atomic E-state index is 0.0103. The van der Waals surface area contributed by atoms with Crippen LogP contribution in [0.2, 0.25) is 0 Å². The first-order valence-corrected chi connectivity index (χ1v) is 7.25. The fourth-order valence-electron chi connectivity index (χ4n) is 2.67. The van der Waals surface area contributed by atoms with Crippen molar-refractivity contribution < 1.29 is 14.3 Å². The quantitative estimate of drug-likeness (QED) is 0.810. The summed E-state index contributed by atoms with van der Waals surface area (Å²) in [5.41, 5.74) is 1.12. The Morgan fingerprint density at radius 3 is 2.95 bits per heavy atom. The predicted octanol–water partition coefficient (Wildman–Crippen LogP) is 0.619. The van der Waals surface area contributed by atoms with Crippen molar-refractivity contribution in [3.05, 3.63) is 24.0 Å². The molecule has 1 aromatic rings. The number of hydrogen-bond acceptors (Lipinski definition) is 3. The number of carbonyl (C=O) groups is 2. The molecular weight excluding hydrogens is 270 g/mol. The van der Waals surface area contributed by atoms with E-state index in [1.54, 1.807) is 14.0 Å². The largest absolute Gasteiger partial charge is 0.383 e. The maximum atomic E-state index is 11.9. The molecule has 0 aliphatic carbocycles. The predicted molar refractivity (Wildman–Crippen MR) is 78.5 cm³/mol. The molecule has 0 aromatic carbocycles. The lowest BCUT2D eigenvalue weighted by Crippen LogP contribution is -2.35. The van der Waals surface area contributed by atoms with Crippen molar-refractivity contribution in [2.75, 3.05) is 26.8 Å². The topological polar surface area (TPSA) is 63.6 Å². The van der Waals surface area contributed by atoms with E-state index < -0.39 is 0 Å². The van der Waals surface area contributed by atoms with Crippen molar-refractivity contribution in [1.29, 1.82) is 0 Å². The zero-order valence-corrected chi connectivity index (χ0v) is 12.7. The molecule has 2 rings (SSSR count). The number of aromatic nitrogens is 1. The van der Waals surface area contributed by atoms with Crippen LogP contribution in [0.15, 0.2) is 18.3 Å². The molecule has 6 nitrogen and oxygen atoms in total. The molecule has 0 radical (unpaired) electrons. The fraction of sp³-hybridized carbons (Fsp3) is 0.600. The maximum absolute atomic E-state index is 11.9. The van der Waals surface area contributed by atoms with E-state index in [2.05, 4.69) is 9.88 Å². The molecule has 0 bridgehead atoms. The summed E-state index contributed by atoms with van der Waals surface area (Å²) in [7, 11) is 1.61. The van der Waals surface area contributed by atoms with Crippen LogP contribution >= 0.6 is 0 Å². The van der Waals surface area contributed by atoms with Gasteiger partial charge in [0.2, 0.25) is 11.8 Å². The second kappa shape index (κ2) is 7.26. The highest BCUT2D eigenvalue weighted by molar-refractivity contribution is 5.76. The van der Waals surface area contributed by atoms with Gasteiger partial charge >= 0.3 is 0 Å². The molecule has 1 N–H and O–H groups in total. The number of fused-ring (bicyclic) bond motifs is 1. The van der Waals surface area contributed by atoms with Crippen molar-refractivity contribution >= 4 is 11.8 Å². The Balaban J connectivity index is 1.98. The second-order valence-electron chi connectivity index (χ2n) is 5.46. The summed E-state index contributed by atoms with van der Waals surface area (Å²) in [6.07, 6.45) is 2.43. The van der Waals surface area contributed by atoms with Crippen LogP contribution in [0.1, 0.15) is 19.0 Å². The van der Waals surface area contributed by atoms with Gasteiger partial charge in [0.05, 0.1) is 13.2 Å². The Hall–Kier alpha value is -1.82. The second-order valence-corrected chi connectivity index (χ2v) is 5.46. The van der Waals surface area contributed by atoms with Crippen LogP contribution in [0.5, 0.6) is 0 Å². The molecule has 0 spiro atoms. The van der Waals surface area contributed by atoms with Crippen LogP contribution in [0, 0.1) is 5.92 Å². The van der Waals surface area contributed by atoms with E-state index in [4.69, 9.17) is 4.74 Å². The monoisotopic (exact) mass is 293 g/mol. The highest BCUT2D eigenvalue weighted by Gasteiger charge is 2.24. The zero-order valence-electron chi connectivity index (χ0n) is 12.7. The van der Waals surface area contributed by atoms with Gasteiger partial charge in [0.1, 0.15) is 0 Å². The van der Waals surface area contributed by atoms with E-state index in [0.29, 0.717) is 32.7 Å². The molecule has 0 saturated carbocycles. The Labute approximate surface area is 125 Å². The van der Waals surface area contributed by atoms with E-state index in [-0.39, 0.29) is 17.7 Å². The van der Waals surface area contributed by atoms with Crippen molar-refractivity contribution in [3.8, 4) is 0 Å². The third kappa shape index (κ3) is 4.32. The van der Waals surface area contributed by atoms with Gasteiger partial charge in [-0.25, -0.2) is 0 Å². The van der Waals surface area contributed by atoms with Gasteiger partial charge in [-0.3, -0.25) is 9.59 Å². The van der Waals surface area contributed by atoms with E-state index in [1.165, 1.54) is 0 Å². The van der Waals surface area contributed by atoms with Gasteiger partial charge in [0.25, 0.3) is 0 Å². The van der Waals surface area contributed by atoms with E-state index in [1.807, 2.05) is 23.2 Å². The number of carbonyl (C=O) groups excluding carboxylic acids is 2. The minimum absolute atomic E-state index is 0.0103. The summed E-state index contributed by atoms with van der Waals surface area (Å²) in [5, 5.41) is 2.84. The summed E-state index contributed by atoms with van der Waals surface area (Å²) in [4.78, 5) is 25.5. The summed E-state index contributed by atoms with van der Waals surface area (Å²) >= 11 is 0. The molecule has 1 aliphatic heterocycles. The maximum Gasteiger partial charge on any atom is 0.220 e. The molecule has 0 fully saturated rings. The van der Waals surface area contributed by atoms with Gasteiger partial charge in [0, 0.05) is 57.9 Å². The SMILES string of the molecule is COCCNC(=O)CC1CN(C(C)=O)Cc2cccn2C1. The smallest absolute Gasteiger partial charge is 0.220 e. The van der Waals surface area contributed by atoms with Crippen LogP contribution in [0.4, 0.5) is 0 Å². The molecule has 2 amide bonds. The van der Waals surface area contributed by atoms with Crippen LogP contribution in [0.3, 0.4) is 0 Å². The Morgan fingerprint density at radius 1 is 1.43 bits per heavy atom. The van der Waals surface area contributed by atoms with Crippen molar-refractivity contribution in [2.45, 2.75) is 26.4 Å². The van der Waals surface area contributed by atoms with Crippen molar-refractivity contribution in [2.24, 2.45) is 5.92 Å². The standard InChI is InChI=1S/C15H23N3O3/c1-12(19)18-10-13(8-15(20)16-5-7-21-2)9-17-6-3-4-14(17)11-18/h3-4,6,13H,5,7-11H2,1-2H3,(H,16,20). The highest BCUT2D eigenvalue weighted by atomic mass is 16.5. The molecule has 0 saturated heterocycles. The van der Waals surface area contributed by atoms with E-state index in [0.717, 1.165) is 12.2 Å². The summed E-state index contributed by atoms with van der Waals surface area (Å²) in [5.74, 6) is 0.190. The molecule has 1 aliphatic rings. The van der Waals surface area contributed by atoms with E-state index in [9.17, 15) is 9.59 Å². The van der Waals surface area contributed by atoms with Crippen LogP contribution in [-0.2, 0) is 27.4 Å².